The second-order valence-corrected chi connectivity index (χ2v) is 18.9. The van der Waals surface area contributed by atoms with E-state index in [9.17, 15) is 29.4 Å². The molecule has 252 valence electrons. The first-order valence-corrected chi connectivity index (χ1v) is 19.1. The first kappa shape index (κ1) is 39.9. The highest BCUT2D eigenvalue weighted by Gasteiger charge is 2.65. The monoisotopic (exact) mass is 748 g/mol. The number of halogens is 4. The highest BCUT2D eigenvalue weighted by Crippen LogP contribution is 2.82. The molecule has 2 rings (SSSR count). The summed E-state index contributed by atoms with van der Waals surface area (Å²) in [5.74, 6) is 0.749. The fourth-order valence-electron chi connectivity index (χ4n) is 4.20. The Kier molecular flexibility index (Phi) is 16.7. The summed E-state index contributed by atoms with van der Waals surface area (Å²) in [6, 6.07) is 11.6. The summed E-state index contributed by atoms with van der Waals surface area (Å²) in [6.07, 6.45) is 2.67. The zero-order valence-corrected chi connectivity index (χ0v) is 29.9. The lowest BCUT2D eigenvalue weighted by Crippen LogP contribution is -2.35. The average molecular weight is 750 g/mol. The summed E-state index contributed by atoms with van der Waals surface area (Å²) in [5, 5.41) is 22.0. The number of unbranched alkanes of at least 4 members (excludes halogenated alkanes) is 2. The van der Waals surface area contributed by atoms with E-state index in [1.165, 1.54) is 47.7 Å². The van der Waals surface area contributed by atoms with Crippen molar-refractivity contribution in [3.05, 3.63) is 79.9 Å². The molecule has 0 bridgehead atoms. The molecule has 0 radical (unpaired) electrons. The van der Waals surface area contributed by atoms with E-state index in [0.717, 1.165) is 0 Å². The Hall–Kier alpha value is -1.30. The molecule has 0 N–H and O–H groups in total. The van der Waals surface area contributed by atoms with Crippen molar-refractivity contribution in [2.45, 2.75) is 42.3 Å². The molecule has 2 atom stereocenters. The van der Waals surface area contributed by atoms with Crippen LogP contribution in [0.25, 0.3) is 0 Å². The molecule has 0 aliphatic carbocycles. The summed E-state index contributed by atoms with van der Waals surface area (Å²) in [4.78, 5) is 21.0. The molecule has 0 aromatic heterocycles. The minimum atomic E-state index is -4.38. The fourth-order valence-corrected chi connectivity index (χ4v) is 12.3. The minimum absolute atomic E-state index is 0.0751. The largest absolute Gasteiger partial charge is 0.319 e. The molecule has 0 aliphatic heterocycles. The molecule has 2 unspecified atom stereocenters. The van der Waals surface area contributed by atoms with Crippen LogP contribution < -0.4 is 0 Å². The Morgan fingerprint density at radius 3 is 1.31 bits per heavy atom. The zero-order chi connectivity index (χ0) is 33.7. The number of benzene rings is 2. The molecule has 12 nitrogen and oxygen atoms in total. The van der Waals surface area contributed by atoms with Gasteiger partial charge in [0, 0.05) is 49.1 Å². The number of hydrogen-bond acceptors (Lipinski definition) is 8. The van der Waals surface area contributed by atoms with Gasteiger partial charge in [-0.1, -0.05) is 47.5 Å². The lowest BCUT2D eigenvalue weighted by Gasteiger charge is -2.42. The van der Waals surface area contributed by atoms with Crippen LogP contribution in [0.2, 0.25) is 0 Å². The van der Waals surface area contributed by atoms with Gasteiger partial charge in [0.05, 0.1) is 23.1 Å². The van der Waals surface area contributed by atoms with Crippen molar-refractivity contribution in [1.29, 1.82) is 0 Å². The van der Waals surface area contributed by atoms with E-state index in [-0.39, 0.29) is 50.5 Å². The Labute approximate surface area is 283 Å². The maximum absolute atomic E-state index is 14.8. The third kappa shape index (κ3) is 10.9. The molecule has 0 heterocycles. The highest BCUT2D eigenvalue weighted by atomic mass is 35.5. The van der Waals surface area contributed by atoms with Gasteiger partial charge < -0.3 is 9.05 Å². The van der Waals surface area contributed by atoms with E-state index < -0.39 is 28.7 Å². The van der Waals surface area contributed by atoms with E-state index in [4.69, 9.17) is 55.5 Å². The van der Waals surface area contributed by atoms with Crippen molar-refractivity contribution in [1.82, 2.24) is 9.34 Å². The van der Waals surface area contributed by atoms with Crippen LogP contribution in [0, 0.1) is 20.2 Å². The van der Waals surface area contributed by atoms with Crippen LogP contribution in [-0.2, 0) is 31.0 Å². The number of alkyl halides is 4. The Balaban J connectivity index is 2.39. The van der Waals surface area contributed by atoms with E-state index >= 15 is 0 Å². The SMILES string of the molecule is CN(CCCCCl)P(=O)(OCCc1ccc([N+](=O)[O-])cc1)C(Cl)(Cl)P(=O)(OCCc1ccc([N+](=O)[O-])cc1)N(C)CCCCCl. The third-order valence-electron chi connectivity index (χ3n) is 6.92. The summed E-state index contributed by atoms with van der Waals surface area (Å²) >= 11 is 25.6. The van der Waals surface area contributed by atoms with E-state index in [2.05, 4.69) is 0 Å². The molecule has 0 spiro atoms. The van der Waals surface area contributed by atoms with Crippen LogP contribution >= 0.6 is 61.4 Å². The maximum atomic E-state index is 14.8. The van der Waals surface area contributed by atoms with E-state index in [0.29, 0.717) is 48.6 Å². The Bertz CT molecular complexity index is 1240. The third-order valence-corrected chi connectivity index (χ3v) is 16.2. The highest BCUT2D eigenvalue weighted by molar-refractivity contribution is 7.82. The van der Waals surface area contributed by atoms with Crippen molar-refractivity contribution in [3.63, 3.8) is 0 Å². The Morgan fingerprint density at radius 2 is 1.02 bits per heavy atom. The van der Waals surface area contributed by atoms with Gasteiger partial charge >= 0.3 is 15.0 Å². The summed E-state index contributed by atoms with van der Waals surface area (Å²) in [7, 11) is -5.74. The summed E-state index contributed by atoms with van der Waals surface area (Å²) in [5.41, 5.74) is 1.20. The molecule has 0 aliphatic rings. The molecule has 0 amide bonds. The molecule has 0 fully saturated rings. The number of nitro groups is 2. The zero-order valence-electron chi connectivity index (χ0n) is 25.1. The van der Waals surface area contributed by atoms with E-state index in [1.807, 2.05) is 0 Å². The first-order chi connectivity index (χ1) is 21.2. The van der Waals surface area contributed by atoms with Crippen LogP contribution in [0.1, 0.15) is 36.8 Å². The van der Waals surface area contributed by atoms with Crippen molar-refractivity contribution in [2.24, 2.45) is 0 Å². The Morgan fingerprint density at radius 1 is 0.689 bits per heavy atom. The van der Waals surface area contributed by atoms with Crippen molar-refractivity contribution < 1.29 is 28.0 Å². The van der Waals surface area contributed by atoms with Crippen LogP contribution in [0.4, 0.5) is 11.4 Å². The van der Waals surface area contributed by atoms with Crippen LogP contribution in [0.5, 0.6) is 0 Å². The lowest BCUT2D eigenvalue weighted by molar-refractivity contribution is -0.385. The van der Waals surface area contributed by atoms with Crippen molar-refractivity contribution >= 4 is 72.8 Å². The molecular weight excluding hydrogens is 712 g/mol. The summed E-state index contributed by atoms with van der Waals surface area (Å²) in [6.45, 7) is 0.104. The second kappa shape index (κ2) is 18.9. The predicted molar refractivity (Wildman–Crippen MR) is 180 cm³/mol. The van der Waals surface area contributed by atoms with Gasteiger partial charge in [0.1, 0.15) is 0 Å². The number of non-ortho nitro benzene ring substituents is 2. The number of hydrogen-bond donors (Lipinski definition) is 0. The average Bonchev–Trinajstić information content (AvgIpc) is 3.01. The molecule has 2 aromatic rings. The van der Waals surface area contributed by atoms with Gasteiger partial charge in [-0.2, -0.15) is 0 Å². The van der Waals surface area contributed by atoms with E-state index in [1.54, 1.807) is 24.3 Å². The van der Waals surface area contributed by atoms with Crippen molar-refractivity contribution in [2.75, 3.05) is 52.2 Å². The van der Waals surface area contributed by atoms with Gasteiger partial charge in [-0.15, -0.1) is 23.2 Å². The normalized spacial score (nSPS) is 14.8. The number of nitro benzene ring substituents is 2. The van der Waals surface area contributed by atoms with Crippen molar-refractivity contribution in [3.8, 4) is 0 Å². The first-order valence-electron chi connectivity index (χ1n) is 14.1. The fraction of sp³-hybridized carbons (Fsp3) is 0.556. The molecule has 18 heteroatoms. The van der Waals surface area contributed by atoms with Gasteiger partial charge in [0.25, 0.3) is 15.2 Å². The quantitative estimate of drug-likeness (QED) is 0.0377. The van der Waals surface area contributed by atoms with Crippen LogP contribution in [0.15, 0.2) is 48.5 Å². The molecular formula is C27H38Cl4N4O8P2. The second-order valence-electron chi connectivity index (χ2n) is 10.1. The van der Waals surface area contributed by atoms with Gasteiger partial charge in [-0.05, 0) is 63.7 Å². The minimum Gasteiger partial charge on any atom is -0.315 e. The number of nitrogens with zero attached hydrogens (tertiary/aromatic N) is 4. The standard InChI is InChI=1S/C27H38Cl4N4O8P2/c1-32(19-5-3-17-28)44(40,42-21-15-23-7-11-25(12-8-23)34(36)37)27(30,31)45(41,33(2)20-6-4-18-29)43-22-16-24-9-13-26(14-10-24)35(38)39/h7-14H,3-6,15-22H2,1-2H3. The molecule has 2 aromatic carbocycles. The molecule has 0 saturated carbocycles. The predicted octanol–water partition coefficient (Wildman–Crippen LogP) is 8.70. The van der Waals surface area contributed by atoms with Gasteiger partial charge in [0.2, 0.25) is 0 Å². The molecule has 45 heavy (non-hydrogen) atoms. The lowest BCUT2D eigenvalue weighted by atomic mass is 10.1. The van der Waals surface area contributed by atoms with Gasteiger partial charge in [-0.25, -0.2) is 9.34 Å². The molecule has 0 saturated heterocycles. The van der Waals surface area contributed by atoms with Gasteiger partial charge in [-0.3, -0.25) is 29.4 Å². The maximum Gasteiger partial charge on any atom is 0.319 e. The summed E-state index contributed by atoms with van der Waals surface area (Å²) < 4.78 is 41.8. The van der Waals surface area contributed by atoms with Crippen LogP contribution in [-0.4, -0.2) is 75.2 Å². The topological polar surface area (TPSA) is 145 Å². The number of rotatable bonds is 22. The van der Waals surface area contributed by atoms with Gasteiger partial charge in [0.15, 0.2) is 0 Å². The smallest absolute Gasteiger partial charge is 0.315 e. The van der Waals surface area contributed by atoms with Crippen LogP contribution in [0.3, 0.4) is 0 Å².